The largest absolute Gasteiger partial charge is 0.495 e. The fourth-order valence-electron chi connectivity index (χ4n) is 2.59. The van der Waals surface area contributed by atoms with Gasteiger partial charge in [-0.3, -0.25) is 9.59 Å². The normalized spacial score (nSPS) is 10.4. The zero-order valence-corrected chi connectivity index (χ0v) is 19.9. The van der Waals surface area contributed by atoms with E-state index in [1.165, 1.54) is 20.4 Å². The molecule has 2 aromatic carbocycles. The van der Waals surface area contributed by atoms with Gasteiger partial charge in [0.2, 0.25) is 11.8 Å². The van der Waals surface area contributed by atoms with Crippen molar-refractivity contribution in [3.05, 3.63) is 46.4 Å². The molecule has 0 unspecified atom stereocenters. The molecular formula is C22H24BrN3O7. The molecule has 0 atom stereocenters. The fourth-order valence-corrected chi connectivity index (χ4v) is 3.17. The van der Waals surface area contributed by atoms with Crippen molar-refractivity contribution in [2.24, 2.45) is 5.10 Å². The number of amides is 2. The first-order valence-corrected chi connectivity index (χ1v) is 10.6. The Morgan fingerprint density at radius 1 is 1.06 bits per heavy atom. The first kappa shape index (κ1) is 25.7. The van der Waals surface area contributed by atoms with Gasteiger partial charge in [0.1, 0.15) is 12.2 Å². The number of carbonyl (C=O) groups is 3. The minimum absolute atomic E-state index is 0.254. The predicted molar refractivity (Wildman–Crippen MR) is 125 cm³/mol. The van der Waals surface area contributed by atoms with Gasteiger partial charge in [-0.2, -0.15) is 5.10 Å². The van der Waals surface area contributed by atoms with Crippen LogP contribution in [0, 0.1) is 0 Å². The number of carbonyl (C=O) groups excluding carboxylic acids is 3. The Kier molecular flexibility index (Phi) is 10.2. The van der Waals surface area contributed by atoms with Crippen LogP contribution in [0.4, 0.5) is 5.69 Å². The Bertz CT molecular complexity index is 1030. The van der Waals surface area contributed by atoms with Crippen LogP contribution in [-0.4, -0.2) is 51.4 Å². The smallest absolute Gasteiger partial charge is 0.344 e. The van der Waals surface area contributed by atoms with Crippen molar-refractivity contribution in [1.29, 1.82) is 0 Å². The SMILES string of the molecule is CCOC(=O)COc1c(Br)cc(C=NNC(=O)CC(=O)Nc2ccccc2OC)cc1OC. The number of hydrogen-bond acceptors (Lipinski definition) is 8. The van der Waals surface area contributed by atoms with Crippen LogP contribution in [0.1, 0.15) is 18.9 Å². The lowest BCUT2D eigenvalue weighted by atomic mass is 10.2. The molecule has 0 aliphatic rings. The second kappa shape index (κ2) is 13.1. The van der Waals surface area contributed by atoms with E-state index in [1.807, 2.05) is 0 Å². The Labute approximate surface area is 199 Å². The second-order valence-corrected chi connectivity index (χ2v) is 7.20. The summed E-state index contributed by atoms with van der Waals surface area (Å²) in [7, 11) is 2.93. The first-order valence-electron chi connectivity index (χ1n) is 9.78. The molecule has 2 N–H and O–H groups in total. The van der Waals surface area contributed by atoms with Gasteiger partial charge in [-0.1, -0.05) is 12.1 Å². The van der Waals surface area contributed by atoms with Crippen LogP contribution in [0.2, 0.25) is 0 Å². The summed E-state index contributed by atoms with van der Waals surface area (Å²) in [6.07, 6.45) is 0.946. The summed E-state index contributed by atoms with van der Waals surface area (Å²) in [5.74, 6) is -0.468. The van der Waals surface area contributed by atoms with Gasteiger partial charge in [0, 0.05) is 0 Å². The molecule has 11 heteroatoms. The van der Waals surface area contributed by atoms with E-state index in [9.17, 15) is 14.4 Å². The zero-order valence-electron chi connectivity index (χ0n) is 18.3. The van der Waals surface area contributed by atoms with Crippen molar-refractivity contribution in [3.63, 3.8) is 0 Å². The van der Waals surface area contributed by atoms with Gasteiger partial charge in [-0.15, -0.1) is 0 Å². The van der Waals surface area contributed by atoms with Crippen molar-refractivity contribution in [1.82, 2.24) is 5.43 Å². The van der Waals surface area contributed by atoms with Crippen LogP contribution in [0.5, 0.6) is 17.2 Å². The lowest BCUT2D eigenvalue weighted by Gasteiger charge is -2.13. The summed E-state index contributed by atoms with van der Waals surface area (Å²) in [5.41, 5.74) is 3.32. The highest BCUT2D eigenvalue weighted by Gasteiger charge is 2.14. The highest BCUT2D eigenvalue weighted by molar-refractivity contribution is 9.10. The number of hydrazone groups is 1. The molecule has 0 fully saturated rings. The van der Waals surface area contributed by atoms with Crippen LogP contribution >= 0.6 is 15.9 Å². The van der Waals surface area contributed by atoms with E-state index >= 15 is 0 Å². The number of nitrogens with one attached hydrogen (secondary N) is 2. The van der Waals surface area contributed by atoms with Crippen LogP contribution in [0.3, 0.4) is 0 Å². The van der Waals surface area contributed by atoms with Gasteiger partial charge in [-0.05, 0) is 52.7 Å². The van der Waals surface area contributed by atoms with E-state index in [2.05, 4.69) is 31.8 Å². The van der Waals surface area contributed by atoms with E-state index in [1.54, 1.807) is 43.3 Å². The number of nitrogens with zero attached hydrogens (tertiary/aromatic N) is 1. The third-order valence-electron chi connectivity index (χ3n) is 4.00. The number of para-hydroxylation sites is 2. The van der Waals surface area contributed by atoms with Crippen molar-refractivity contribution < 1.29 is 33.3 Å². The summed E-state index contributed by atoms with van der Waals surface area (Å²) in [6, 6.07) is 10.1. The quantitative estimate of drug-likeness (QED) is 0.201. The van der Waals surface area contributed by atoms with E-state index < -0.39 is 24.2 Å². The second-order valence-electron chi connectivity index (χ2n) is 6.35. The zero-order chi connectivity index (χ0) is 24.2. The number of hydrogen-bond donors (Lipinski definition) is 2. The van der Waals surface area contributed by atoms with E-state index in [-0.39, 0.29) is 13.2 Å². The van der Waals surface area contributed by atoms with Crippen LogP contribution in [-0.2, 0) is 19.1 Å². The molecule has 0 radical (unpaired) electrons. The molecule has 10 nitrogen and oxygen atoms in total. The molecule has 0 saturated carbocycles. The molecule has 2 aromatic rings. The van der Waals surface area contributed by atoms with Crippen molar-refractivity contribution >= 4 is 45.6 Å². The van der Waals surface area contributed by atoms with E-state index in [0.29, 0.717) is 33.0 Å². The Morgan fingerprint density at radius 3 is 2.48 bits per heavy atom. The molecule has 2 amide bonds. The number of benzene rings is 2. The molecule has 0 aliphatic heterocycles. The highest BCUT2D eigenvalue weighted by Crippen LogP contribution is 2.36. The number of halogens is 1. The standard InChI is InChI=1S/C22H24BrN3O7/c1-4-32-21(29)13-33-22-15(23)9-14(10-18(22)31-3)12-24-26-20(28)11-19(27)25-16-7-5-6-8-17(16)30-2/h5-10,12H,4,11,13H2,1-3H3,(H,25,27)(H,26,28). The summed E-state index contributed by atoms with van der Waals surface area (Å²) < 4.78 is 21.3. The Hall–Kier alpha value is -3.60. The molecule has 0 bridgehead atoms. The average molecular weight is 522 g/mol. The van der Waals surface area contributed by atoms with Gasteiger partial charge < -0.3 is 24.3 Å². The molecule has 2 rings (SSSR count). The molecule has 176 valence electrons. The number of ether oxygens (including phenoxy) is 4. The fraction of sp³-hybridized carbons (Fsp3) is 0.273. The lowest BCUT2D eigenvalue weighted by Crippen LogP contribution is -2.24. The van der Waals surface area contributed by atoms with Gasteiger partial charge in [0.05, 0.1) is 37.2 Å². The van der Waals surface area contributed by atoms with Gasteiger partial charge in [-0.25, -0.2) is 10.2 Å². The van der Waals surface area contributed by atoms with Crippen molar-refractivity contribution in [2.45, 2.75) is 13.3 Å². The molecule has 33 heavy (non-hydrogen) atoms. The molecule has 0 spiro atoms. The first-order chi connectivity index (χ1) is 15.9. The van der Waals surface area contributed by atoms with Crippen molar-refractivity contribution in [3.8, 4) is 17.2 Å². The predicted octanol–water partition coefficient (Wildman–Crippen LogP) is 2.89. The van der Waals surface area contributed by atoms with E-state index in [4.69, 9.17) is 18.9 Å². The summed E-state index contributed by atoms with van der Waals surface area (Å²) in [6.45, 7) is 1.68. The third kappa shape index (κ3) is 8.11. The number of esters is 1. The van der Waals surface area contributed by atoms with Crippen molar-refractivity contribution in [2.75, 3.05) is 32.8 Å². The maximum absolute atomic E-state index is 12.1. The number of methoxy groups -OCH3 is 2. The van der Waals surface area contributed by atoms with Crippen LogP contribution in [0.25, 0.3) is 0 Å². The number of anilines is 1. The maximum atomic E-state index is 12.1. The van der Waals surface area contributed by atoms with E-state index in [0.717, 1.165) is 0 Å². The number of rotatable bonds is 11. The minimum Gasteiger partial charge on any atom is -0.495 e. The molecule has 0 heterocycles. The van der Waals surface area contributed by atoms with Gasteiger partial charge >= 0.3 is 5.97 Å². The topological polar surface area (TPSA) is 125 Å². The molecule has 0 saturated heterocycles. The minimum atomic E-state index is -0.598. The summed E-state index contributed by atoms with van der Waals surface area (Å²) in [5, 5.41) is 6.47. The Morgan fingerprint density at radius 2 is 1.79 bits per heavy atom. The van der Waals surface area contributed by atoms with Gasteiger partial charge in [0.15, 0.2) is 18.1 Å². The average Bonchev–Trinajstić information content (AvgIpc) is 2.78. The van der Waals surface area contributed by atoms with Crippen LogP contribution in [0.15, 0.2) is 46.0 Å². The molecular weight excluding hydrogens is 498 g/mol. The third-order valence-corrected chi connectivity index (χ3v) is 4.59. The lowest BCUT2D eigenvalue weighted by molar-refractivity contribution is -0.145. The Balaban J connectivity index is 1.94. The summed E-state index contributed by atoms with van der Waals surface area (Å²) in [4.78, 5) is 35.6. The highest BCUT2D eigenvalue weighted by atomic mass is 79.9. The maximum Gasteiger partial charge on any atom is 0.344 e. The summed E-state index contributed by atoms with van der Waals surface area (Å²) >= 11 is 3.36. The molecule has 0 aliphatic carbocycles. The van der Waals surface area contributed by atoms with Gasteiger partial charge in [0.25, 0.3) is 0 Å². The van der Waals surface area contributed by atoms with Crippen LogP contribution < -0.4 is 25.0 Å². The molecule has 0 aromatic heterocycles. The monoisotopic (exact) mass is 521 g/mol.